The molecule has 0 fully saturated rings. The lowest BCUT2D eigenvalue weighted by molar-refractivity contribution is -0.134. The van der Waals surface area contributed by atoms with Crippen molar-refractivity contribution < 1.29 is 9.59 Å². The van der Waals surface area contributed by atoms with Crippen molar-refractivity contribution in [2.45, 2.75) is 26.7 Å². The van der Waals surface area contributed by atoms with Crippen molar-refractivity contribution in [3.63, 3.8) is 0 Å². The van der Waals surface area contributed by atoms with Crippen molar-refractivity contribution in [2.75, 3.05) is 79.5 Å². The maximum Gasteiger partial charge on any atom is 0.225 e. The van der Waals surface area contributed by atoms with Crippen molar-refractivity contribution in [1.29, 1.82) is 0 Å². The predicted octanol–water partition coefficient (Wildman–Crippen LogP) is -1.44. The van der Waals surface area contributed by atoms with Gasteiger partial charge in [0.05, 0.1) is 0 Å². The first kappa shape index (κ1) is 27.7. The monoisotopic (exact) mass is 415 g/mol. The zero-order valence-electron chi connectivity index (χ0n) is 19.0. The van der Waals surface area contributed by atoms with Gasteiger partial charge in [-0.25, -0.2) is 0 Å². The van der Waals surface area contributed by atoms with Crippen molar-refractivity contribution in [2.24, 2.45) is 17.6 Å². The smallest absolute Gasteiger partial charge is 0.225 e. The Labute approximate surface area is 177 Å². The Kier molecular flexibility index (Phi) is 17.9. The number of carbonyl (C=O) groups is 2. The fourth-order valence-electron chi connectivity index (χ4n) is 2.92. The van der Waals surface area contributed by atoms with Gasteiger partial charge in [0.2, 0.25) is 11.8 Å². The second-order valence-electron chi connectivity index (χ2n) is 7.55. The molecular formula is C20H45N7O2. The highest BCUT2D eigenvalue weighted by Gasteiger charge is 2.24. The molecule has 172 valence electrons. The summed E-state index contributed by atoms with van der Waals surface area (Å²) in [6.45, 7) is 12.2. The fraction of sp³-hybridized carbons (Fsp3) is 0.900. The minimum atomic E-state index is -0.163. The van der Waals surface area contributed by atoms with Crippen molar-refractivity contribution in [3.05, 3.63) is 0 Å². The third kappa shape index (κ3) is 15.3. The van der Waals surface area contributed by atoms with Gasteiger partial charge in [-0.2, -0.15) is 0 Å². The van der Waals surface area contributed by atoms with Crippen LogP contribution in [0.2, 0.25) is 0 Å². The summed E-state index contributed by atoms with van der Waals surface area (Å²) in [5, 5.41) is 16.2. The molecule has 0 aliphatic rings. The second-order valence-corrected chi connectivity index (χ2v) is 7.55. The molecule has 0 spiro atoms. The van der Waals surface area contributed by atoms with E-state index in [9.17, 15) is 9.59 Å². The Morgan fingerprint density at radius 1 is 0.828 bits per heavy atom. The largest absolute Gasteiger partial charge is 0.355 e. The maximum atomic E-state index is 12.2. The van der Waals surface area contributed by atoms with Gasteiger partial charge in [-0.1, -0.05) is 13.8 Å². The number of nitrogens with zero attached hydrogens (tertiary/aromatic N) is 1. The number of rotatable bonds is 19. The molecule has 7 N–H and O–H groups in total. The van der Waals surface area contributed by atoms with Gasteiger partial charge in [0.1, 0.15) is 0 Å². The molecule has 0 aromatic rings. The van der Waals surface area contributed by atoms with E-state index in [2.05, 4.69) is 26.6 Å². The third-order valence-corrected chi connectivity index (χ3v) is 4.73. The summed E-state index contributed by atoms with van der Waals surface area (Å²) in [6, 6.07) is 0. The number of hydrogen-bond acceptors (Lipinski definition) is 7. The van der Waals surface area contributed by atoms with Crippen molar-refractivity contribution >= 4 is 11.8 Å². The van der Waals surface area contributed by atoms with E-state index in [4.69, 9.17) is 5.73 Å². The van der Waals surface area contributed by atoms with E-state index in [1.807, 2.05) is 13.8 Å². The van der Waals surface area contributed by atoms with E-state index in [0.29, 0.717) is 19.5 Å². The zero-order valence-corrected chi connectivity index (χ0v) is 19.0. The summed E-state index contributed by atoms with van der Waals surface area (Å²) >= 11 is 0. The molecule has 9 nitrogen and oxygen atoms in total. The molecule has 0 saturated carbocycles. The molecule has 29 heavy (non-hydrogen) atoms. The van der Waals surface area contributed by atoms with Crippen LogP contribution in [0, 0.1) is 11.8 Å². The number of nitrogens with two attached hydrogens (primary N) is 1. The number of amides is 2. The highest BCUT2D eigenvalue weighted by Crippen LogP contribution is 2.17. The van der Waals surface area contributed by atoms with Gasteiger partial charge >= 0.3 is 0 Å². The minimum absolute atomic E-state index is 0.0157. The molecule has 0 aromatic heterocycles. The molecule has 2 amide bonds. The third-order valence-electron chi connectivity index (χ3n) is 4.73. The number of carbonyl (C=O) groups excluding carboxylic acids is 2. The van der Waals surface area contributed by atoms with Gasteiger partial charge in [0, 0.05) is 91.4 Å². The highest BCUT2D eigenvalue weighted by molar-refractivity contribution is 5.81. The molecule has 0 heterocycles. The van der Waals surface area contributed by atoms with Gasteiger partial charge in [-0.05, 0) is 12.8 Å². The molecule has 9 heteroatoms. The van der Waals surface area contributed by atoms with Crippen LogP contribution < -0.4 is 32.3 Å². The van der Waals surface area contributed by atoms with Gasteiger partial charge in [-0.3, -0.25) is 9.59 Å². The van der Waals surface area contributed by atoms with Crippen LogP contribution in [0.5, 0.6) is 0 Å². The molecule has 0 saturated heterocycles. The van der Waals surface area contributed by atoms with E-state index < -0.39 is 0 Å². The molecule has 0 aliphatic heterocycles. The van der Waals surface area contributed by atoms with Crippen LogP contribution in [0.4, 0.5) is 0 Å². The summed E-state index contributed by atoms with van der Waals surface area (Å²) in [6.07, 6.45) is 1.34. The standard InChI is InChI=1S/C20H45N7O2/c1-5-18(20(29)27(3)4)16-17(2)19(28)26-15-14-25-13-12-24-11-10-23-9-8-22-7-6-21/h17-18,22-25H,5-16,21H2,1-4H3,(H,26,28). The molecular weight excluding hydrogens is 370 g/mol. The molecule has 0 rings (SSSR count). The second kappa shape index (κ2) is 18.7. The van der Waals surface area contributed by atoms with Gasteiger partial charge in [0.25, 0.3) is 0 Å². The Morgan fingerprint density at radius 2 is 1.28 bits per heavy atom. The summed E-state index contributed by atoms with van der Waals surface area (Å²) in [5.41, 5.74) is 5.40. The summed E-state index contributed by atoms with van der Waals surface area (Å²) in [4.78, 5) is 25.9. The van der Waals surface area contributed by atoms with E-state index in [1.54, 1.807) is 19.0 Å². The zero-order chi connectivity index (χ0) is 21.9. The molecule has 0 aromatic carbocycles. The van der Waals surface area contributed by atoms with Crippen LogP contribution in [0.3, 0.4) is 0 Å². The summed E-state index contributed by atoms with van der Waals surface area (Å²) in [7, 11) is 3.52. The average Bonchev–Trinajstić information content (AvgIpc) is 2.71. The van der Waals surface area contributed by atoms with Crippen molar-refractivity contribution in [3.8, 4) is 0 Å². The van der Waals surface area contributed by atoms with E-state index in [0.717, 1.165) is 58.8 Å². The van der Waals surface area contributed by atoms with Crippen LogP contribution in [-0.4, -0.2) is 96.3 Å². The predicted molar refractivity (Wildman–Crippen MR) is 120 cm³/mol. The first-order valence-electron chi connectivity index (χ1n) is 11.0. The SMILES string of the molecule is CCC(CC(C)C(=O)NCCNCCNCCNCCNCCN)C(=O)N(C)C. The molecule has 0 radical (unpaired) electrons. The van der Waals surface area contributed by atoms with Crippen LogP contribution >= 0.6 is 0 Å². The lowest BCUT2D eigenvalue weighted by Crippen LogP contribution is -2.39. The normalized spacial score (nSPS) is 13.1. The van der Waals surface area contributed by atoms with Gasteiger partial charge < -0.3 is 37.2 Å². The fourth-order valence-corrected chi connectivity index (χ4v) is 2.92. The Morgan fingerprint density at radius 3 is 1.69 bits per heavy atom. The van der Waals surface area contributed by atoms with Crippen molar-refractivity contribution in [1.82, 2.24) is 31.5 Å². The molecule has 2 atom stereocenters. The van der Waals surface area contributed by atoms with Crippen LogP contribution in [0.15, 0.2) is 0 Å². The van der Waals surface area contributed by atoms with Crippen LogP contribution in [0.25, 0.3) is 0 Å². The number of hydrogen-bond donors (Lipinski definition) is 6. The topological polar surface area (TPSA) is 124 Å². The van der Waals surface area contributed by atoms with Gasteiger partial charge in [0.15, 0.2) is 0 Å². The minimum Gasteiger partial charge on any atom is -0.355 e. The Balaban J connectivity index is 3.58. The highest BCUT2D eigenvalue weighted by atomic mass is 16.2. The number of nitrogens with one attached hydrogen (secondary N) is 5. The maximum absolute atomic E-state index is 12.2. The van der Waals surface area contributed by atoms with Crippen LogP contribution in [0.1, 0.15) is 26.7 Å². The summed E-state index contributed by atoms with van der Waals surface area (Å²) in [5.74, 6) is -0.142. The first-order chi connectivity index (χ1) is 13.9. The lowest BCUT2D eigenvalue weighted by Gasteiger charge is -2.22. The molecule has 2 unspecified atom stereocenters. The molecule has 0 aliphatic carbocycles. The average molecular weight is 416 g/mol. The Bertz CT molecular complexity index is 422. The van der Waals surface area contributed by atoms with E-state index in [1.165, 1.54) is 0 Å². The van der Waals surface area contributed by atoms with E-state index >= 15 is 0 Å². The van der Waals surface area contributed by atoms with Gasteiger partial charge in [-0.15, -0.1) is 0 Å². The first-order valence-corrected chi connectivity index (χ1v) is 11.0. The lowest BCUT2D eigenvalue weighted by atomic mass is 9.92. The van der Waals surface area contributed by atoms with Crippen LogP contribution in [-0.2, 0) is 9.59 Å². The quantitative estimate of drug-likeness (QED) is 0.143. The summed E-state index contributed by atoms with van der Waals surface area (Å²) < 4.78 is 0. The molecule has 0 bridgehead atoms. The van der Waals surface area contributed by atoms with E-state index in [-0.39, 0.29) is 23.7 Å². The Hall–Kier alpha value is -1.26.